The standard InChI is InChI=1S/C13H19NO/c1-2-5-12(6-3-1)8-10-15-11-13-7-4-9-14-13/h1-3,5-6,13-14H,4,7-11H2/t13-/m0/s1. The van der Waals surface area contributed by atoms with E-state index < -0.39 is 0 Å². The van der Waals surface area contributed by atoms with Crippen LogP contribution in [0.3, 0.4) is 0 Å². The highest BCUT2D eigenvalue weighted by molar-refractivity contribution is 5.14. The fraction of sp³-hybridized carbons (Fsp3) is 0.538. The lowest BCUT2D eigenvalue weighted by atomic mass is 10.2. The number of benzene rings is 1. The van der Waals surface area contributed by atoms with Crippen molar-refractivity contribution in [1.82, 2.24) is 5.32 Å². The highest BCUT2D eigenvalue weighted by atomic mass is 16.5. The molecule has 1 N–H and O–H groups in total. The second-order valence-corrected chi connectivity index (χ2v) is 4.10. The lowest BCUT2D eigenvalue weighted by molar-refractivity contribution is 0.119. The lowest BCUT2D eigenvalue weighted by Crippen LogP contribution is -2.27. The summed E-state index contributed by atoms with van der Waals surface area (Å²) < 4.78 is 5.66. The topological polar surface area (TPSA) is 21.3 Å². The van der Waals surface area contributed by atoms with Gasteiger partial charge < -0.3 is 10.1 Å². The van der Waals surface area contributed by atoms with Crippen molar-refractivity contribution in [1.29, 1.82) is 0 Å². The van der Waals surface area contributed by atoms with Crippen molar-refractivity contribution < 1.29 is 4.74 Å². The normalized spacial score (nSPS) is 20.7. The van der Waals surface area contributed by atoms with Crippen LogP contribution in [0.5, 0.6) is 0 Å². The quantitative estimate of drug-likeness (QED) is 0.742. The summed E-state index contributed by atoms with van der Waals surface area (Å²) in [4.78, 5) is 0. The van der Waals surface area contributed by atoms with E-state index in [1.807, 2.05) is 6.07 Å². The van der Waals surface area contributed by atoms with Crippen LogP contribution in [-0.2, 0) is 11.2 Å². The third kappa shape index (κ3) is 3.65. The van der Waals surface area contributed by atoms with Crippen LogP contribution >= 0.6 is 0 Å². The molecule has 0 aromatic heterocycles. The Morgan fingerprint density at radius 1 is 1.27 bits per heavy atom. The Balaban J connectivity index is 1.59. The van der Waals surface area contributed by atoms with Gasteiger partial charge in [-0.05, 0) is 31.4 Å². The van der Waals surface area contributed by atoms with Gasteiger partial charge in [-0.25, -0.2) is 0 Å². The third-order valence-corrected chi connectivity index (χ3v) is 2.86. The van der Waals surface area contributed by atoms with Crippen LogP contribution in [0.25, 0.3) is 0 Å². The maximum Gasteiger partial charge on any atom is 0.0619 e. The molecule has 0 bridgehead atoms. The van der Waals surface area contributed by atoms with Gasteiger partial charge in [-0.1, -0.05) is 30.3 Å². The second-order valence-electron chi connectivity index (χ2n) is 4.10. The van der Waals surface area contributed by atoms with Gasteiger partial charge in [-0.3, -0.25) is 0 Å². The molecule has 1 aromatic carbocycles. The molecule has 2 heteroatoms. The van der Waals surface area contributed by atoms with Crippen molar-refractivity contribution in [2.45, 2.75) is 25.3 Å². The second kappa shape index (κ2) is 5.89. The van der Waals surface area contributed by atoms with E-state index in [1.165, 1.54) is 18.4 Å². The van der Waals surface area contributed by atoms with E-state index in [-0.39, 0.29) is 0 Å². The number of ether oxygens (including phenoxy) is 1. The molecular formula is C13H19NO. The first-order chi connectivity index (χ1) is 7.45. The Bertz CT molecular complexity index is 267. The zero-order chi connectivity index (χ0) is 10.3. The number of rotatable bonds is 5. The van der Waals surface area contributed by atoms with Gasteiger partial charge in [0.15, 0.2) is 0 Å². The lowest BCUT2D eigenvalue weighted by Gasteiger charge is -2.10. The SMILES string of the molecule is c1ccc(CCOC[C@@H]2CCCN2)cc1. The summed E-state index contributed by atoms with van der Waals surface area (Å²) in [5.41, 5.74) is 1.36. The first kappa shape index (κ1) is 10.7. The van der Waals surface area contributed by atoms with E-state index in [0.717, 1.165) is 26.2 Å². The Morgan fingerprint density at radius 3 is 2.87 bits per heavy atom. The zero-order valence-electron chi connectivity index (χ0n) is 9.11. The third-order valence-electron chi connectivity index (χ3n) is 2.86. The van der Waals surface area contributed by atoms with Crippen LogP contribution in [0.2, 0.25) is 0 Å². The molecule has 0 aliphatic carbocycles. The van der Waals surface area contributed by atoms with Gasteiger partial charge in [0.1, 0.15) is 0 Å². The fourth-order valence-electron chi connectivity index (χ4n) is 1.96. The van der Waals surface area contributed by atoms with Crippen LogP contribution in [0.15, 0.2) is 30.3 Å². The Kier molecular flexibility index (Phi) is 4.18. The molecule has 82 valence electrons. The van der Waals surface area contributed by atoms with Crippen molar-refractivity contribution in [3.63, 3.8) is 0 Å². The van der Waals surface area contributed by atoms with E-state index in [1.54, 1.807) is 0 Å². The average Bonchev–Trinajstić information content (AvgIpc) is 2.79. The molecular weight excluding hydrogens is 186 g/mol. The largest absolute Gasteiger partial charge is 0.379 e. The average molecular weight is 205 g/mol. The molecule has 2 nitrogen and oxygen atoms in total. The number of hydrogen-bond donors (Lipinski definition) is 1. The Morgan fingerprint density at radius 2 is 2.13 bits per heavy atom. The summed E-state index contributed by atoms with van der Waals surface area (Å²) in [5, 5.41) is 3.43. The molecule has 2 rings (SSSR count). The smallest absolute Gasteiger partial charge is 0.0619 e. The first-order valence-electron chi connectivity index (χ1n) is 5.80. The van der Waals surface area contributed by atoms with Gasteiger partial charge in [-0.15, -0.1) is 0 Å². The van der Waals surface area contributed by atoms with Crippen LogP contribution in [0, 0.1) is 0 Å². The molecule has 1 aromatic rings. The summed E-state index contributed by atoms with van der Waals surface area (Å²) in [6.07, 6.45) is 3.59. The van der Waals surface area contributed by atoms with Crippen molar-refractivity contribution >= 4 is 0 Å². The zero-order valence-corrected chi connectivity index (χ0v) is 9.11. The Hall–Kier alpha value is -0.860. The summed E-state index contributed by atoms with van der Waals surface area (Å²) in [6, 6.07) is 11.1. The summed E-state index contributed by atoms with van der Waals surface area (Å²) >= 11 is 0. The van der Waals surface area contributed by atoms with Crippen LogP contribution < -0.4 is 5.32 Å². The molecule has 1 heterocycles. The van der Waals surface area contributed by atoms with E-state index in [9.17, 15) is 0 Å². The Labute approximate surface area is 91.6 Å². The highest BCUT2D eigenvalue weighted by Crippen LogP contribution is 2.05. The minimum absolute atomic E-state index is 0.598. The number of nitrogens with one attached hydrogen (secondary N) is 1. The summed E-state index contributed by atoms with van der Waals surface area (Å²) in [6.45, 7) is 2.86. The molecule has 1 atom stereocenters. The molecule has 0 spiro atoms. The molecule has 0 saturated carbocycles. The van der Waals surface area contributed by atoms with Gasteiger partial charge in [0.2, 0.25) is 0 Å². The van der Waals surface area contributed by atoms with Crippen LogP contribution in [0.1, 0.15) is 18.4 Å². The first-order valence-corrected chi connectivity index (χ1v) is 5.80. The molecule has 15 heavy (non-hydrogen) atoms. The molecule has 0 amide bonds. The molecule has 0 radical (unpaired) electrons. The monoisotopic (exact) mass is 205 g/mol. The molecule has 0 unspecified atom stereocenters. The minimum atomic E-state index is 0.598. The minimum Gasteiger partial charge on any atom is -0.379 e. The highest BCUT2D eigenvalue weighted by Gasteiger charge is 2.13. The van der Waals surface area contributed by atoms with Gasteiger partial charge in [-0.2, -0.15) is 0 Å². The van der Waals surface area contributed by atoms with E-state index in [2.05, 4.69) is 29.6 Å². The molecule has 1 aliphatic rings. The van der Waals surface area contributed by atoms with Crippen molar-refractivity contribution in [2.24, 2.45) is 0 Å². The van der Waals surface area contributed by atoms with Gasteiger partial charge in [0, 0.05) is 6.04 Å². The summed E-state index contributed by atoms with van der Waals surface area (Å²) in [5.74, 6) is 0. The van der Waals surface area contributed by atoms with Crippen molar-refractivity contribution in [3.05, 3.63) is 35.9 Å². The van der Waals surface area contributed by atoms with Gasteiger partial charge >= 0.3 is 0 Å². The fourth-order valence-corrected chi connectivity index (χ4v) is 1.96. The van der Waals surface area contributed by atoms with Gasteiger partial charge in [0.25, 0.3) is 0 Å². The maximum atomic E-state index is 5.66. The van der Waals surface area contributed by atoms with E-state index >= 15 is 0 Å². The van der Waals surface area contributed by atoms with Crippen molar-refractivity contribution in [3.8, 4) is 0 Å². The predicted octanol–water partition coefficient (Wildman–Crippen LogP) is 2.00. The molecule has 1 fully saturated rings. The predicted molar refractivity (Wildman–Crippen MR) is 62.0 cm³/mol. The molecule has 1 saturated heterocycles. The van der Waals surface area contributed by atoms with Crippen LogP contribution in [0.4, 0.5) is 0 Å². The van der Waals surface area contributed by atoms with Gasteiger partial charge in [0.05, 0.1) is 13.2 Å². The summed E-state index contributed by atoms with van der Waals surface area (Å²) in [7, 11) is 0. The van der Waals surface area contributed by atoms with Crippen molar-refractivity contribution in [2.75, 3.05) is 19.8 Å². The van der Waals surface area contributed by atoms with Crippen LogP contribution in [-0.4, -0.2) is 25.8 Å². The molecule has 1 aliphatic heterocycles. The number of hydrogen-bond acceptors (Lipinski definition) is 2. The van der Waals surface area contributed by atoms with E-state index in [0.29, 0.717) is 6.04 Å². The maximum absolute atomic E-state index is 5.66. The van der Waals surface area contributed by atoms with E-state index in [4.69, 9.17) is 4.74 Å².